The summed E-state index contributed by atoms with van der Waals surface area (Å²) in [5, 5.41) is 39.7. The number of amides is 1. The van der Waals surface area contributed by atoms with Crippen LogP contribution in [-0.4, -0.2) is 135 Å². The lowest BCUT2D eigenvalue weighted by molar-refractivity contribution is -0.137. The smallest absolute Gasteiger partial charge is 0.303 e. The number of aromatic nitrogens is 19. The lowest BCUT2D eigenvalue weighted by Gasteiger charge is -2.16. The summed E-state index contributed by atoms with van der Waals surface area (Å²) < 4.78 is 17.3. The van der Waals surface area contributed by atoms with E-state index in [0.717, 1.165) is 198 Å². The van der Waals surface area contributed by atoms with Crippen molar-refractivity contribution < 1.29 is 23.7 Å². The number of thioether (sulfide) groups is 4. The molecule has 0 bridgehead atoms. The average molecular weight is 2070 g/mol. The summed E-state index contributed by atoms with van der Waals surface area (Å²) in [6, 6.07) is 55.8. The number of aromatic amines is 4. The minimum Gasteiger partial charge on any atom is -0.481 e. The van der Waals surface area contributed by atoms with E-state index in [4.69, 9.17) is 24.1 Å². The van der Waals surface area contributed by atoms with Gasteiger partial charge in [-0.25, -0.2) is 34.9 Å². The fourth-order valence-corrected chi connectivity index (χ4v) is 26.5. The second-order valence-corrected chi connectivity index (χ2v) is 42.8. The molecule has 1 saturated heterocycles. The van der Waals surface area contributed by atoms with Gasteiger partial charge in [-0.3, -0.25) is 66.8 Å². The molecule has 732 valence electrons. The van der Waals surface area contributed by atoms with Crippen LogP contribution in [0.1, 0.15) is 145 Å². The molecule has 3 aliphatic carbocycles. The largest absolute Gasteiger partial charge is 0.481 e. The summed E-state index contributed by atoms with van der Waals surface area (Å²) in [6.45, 7) is 11.8. The van der Waals surface area contributed by atoms with Crippen LogP contribution in [-0.2, 0) is 78.3 Å². The number of hydrogen-bond donors (Lipinski definition) is 5. The van der Waals surface area contributed by atoms with E-state index in [2.05, 4.69) is 65.6 Å². The molecule has 20 aromatic rings. The van der Waals surface area contributed by atoms with Crippen molar-refractivity contribution >= 4 is 168 Å². The van der Waals surface area contributed by atoms with Crippen molar-refractivity contribution in [1.82, 2.24) is 98.7 Å². The SMILES string of the molecule is Cc1nc(CSc2nc3[nH]ncc3c(=O)n2-c2ccccc2)cs1.Cc1noc(C)c1CSc1nc2[nH]ncc2c(=O)n1-c1ccccc1.Cc1noc(C)c1CSc1nc2sc3c(c2c(=O)n1-c1ccccc1)CCCC3.O=C(CSc1nc2sc3c(c2c(=O)n1Cc1ccccc1)CCCC3)N1CCCC1.O=C(O)CCc1nc2sc3c(c2c(=O)[nH]1)CCCC3.O=c1[nH]c(-c2ccccc2)nc2ccccc12. The van der Waals surface area contributed by atoms with Gasteiger partial charge in [-0.05, 0) is 195 Å². The number of carboxylic acids is 1. The number of benzene rings is 6. The number of para-hydroxylation sites is 4. The van der Waals surface area contributed by atoms with Gasteiger partial charge in [0.2, 0.25) is 5.91 Å². The second-order valence-electron chi connectivity index (χ2n) is 34.7. The normalized spacial score (nSPS) is 13.1. The van der Waals surface area contributed by atoms with Crippen LogP contribution in [0.5, 0.6) is 0 Å². The summed E-state index contributed by atoms with van der Waals surface area (Å²) >= 11 is 12.5. The number of H-pyrrole nitrogens is 4. The summed E-state index contributed by atoms with van der Waals surface area (Å²) in [5.41, 5.74) is 14.1. The molecule has 1 amide bonds. The van der Waals surface area contributed by atoms with Gasteiger partial charge in [0.15, 0.2) is 31.9 Å². The highest BCUT2D eigenvalue weighted by atomic mass is 32.2. The molecule has 24 rings (SSSR count). The highest BCUT2D eigenvalue weighted by Gasteiger charge is 2.29. The number of thiophene rings is 3. The van der Waals surface area contributed by atoms with Crippen LogP contribution in [0.25, 0.3) is 92.1 Å². The predicted molar refractivity (Wildman–Crippen MR) is 572 cm³/mol. The maximum absolute atomic E-state index is 13.7. The van der Waals surface area contributed by atoms with E-state index < -0.39 is 5.97 Å². The Morgan fingerprint density at radius 3 is 1.41 bits per heavy atom. The van der Waals surface area contributed by atoms with Crippen molar-refractivity contribution in [2.75, 3.05) is 18.8 Å². The molecular formula is C105H98N20O11S8. The molecule has 15 heterocycles. The zero-order valence-electron chi connectivity index (χ0n) is 79.2. The van der Waals surface area contributed by atoms with Crippen LogP contribution >= 0.6 is 92.4 Å². The summed E-state index contributed by atoms with van der Waals surface area (Å²) in [7, 11) is 0. The molecule has 1 aliphatic heterocycles. The Hall–Kier alpha value is -13.9. The van der Waals surface area contributed by atoms with Crippen molar-refractivity contribution in [2.24, 2.45) is 0 Å². The van der Waals surface area contributed by atoms with Crippen molar-refractivity contribution in [3.63, 3.8) is 0 Å². The van der Waals surface area contributed by atoms with Crippen LogP contribution in [0, 0.1) is 34.6 Å². The molecule has 4 aliphatic rings. The van der Waals surface area contributed by atoms with Gasteiger partial charge in [0, 0.05) is 73.5 Å². The molecule has 0 atom stereocenters. The third-order valence-corrected chi connectivity index (χ3v) is 33.3. The molecule has 5 N–H and O–H groups in total. The van der Waals surface area contributed by atoms with Crippen molar-refractivity contribution in [1.29, 1.82) is 0 Å². The van der Waals surface area contributed by atoms with E-state index in [-0.39, 0.29) is 52.1 Å². The molecular weight excluding hydrogens is 1970 g/mol. The van der Waals surface area contributed by atoms with Crippen LogP contribution in [0.2, 0.25) is 0 Å². The van der Waals surface area contributed by atoms with Gasteiger partial charge in [-0.1, -0.05) is 185 Å². The van der Waals surface area contributed by atoms with Crippen LogP contribution in [0.15, 0.2) is 252 Å². The third kappa shape index (κ3) is 22.2. The number of hydrogen-bond acceptors (Lipinski definition) is 29. The van der Waals surface area contributed by atoms with Gasteiger partial charge in [0.1, 0.15) is 48.4 Å². The first-order valence-electron chi connectivity index (χ1n) is 47.3. The topological polar surface area (TPSA) is 411 Å². The minimum absolute atomic E-state index is 0.0143. The molecule has 14 aromatic heterocycles. The molecule has 144 heavy (non-hydrogen) atoms. The zero-order chi connectivity index (χ0) is 99.4. The Morgan fingerprint density at radius 2 is 0.903 bits per heavy atom. The second kappa shape index (κ2) is 45.3. The maximum Gasteiger partial charge on any atom is 0.303 e. The fraction of sp³-hybridized carbons (Fsp3) is 0.267. The van der Waals surface area contributed by atoms with E-state index in [9.17, 15) is 38.4 Å². The maximum atomic E-state index is 13.7. The Kier molecular flexibility index (Phi) is 31.1. The van der Waals surface area contributed by atoms with Crippen molar-refractivity contribution in [3.8, 4) is 28.5 Å². The monoisotopic (exact) mass is 2070 g/mol. The first-order chi connectivity index (χ1) is 70.2. The third-order valence-electron chi connectivity index (χ3n) is 25.1. The highest BCUT2D eigenvalue weighted by Crippen LogP contribution is 2.40. The molecule has 0 saturated carbocycles. The molecule has 1 fully saturated rings. The average Bonchev–Trinajstić information content (AvgIpc) is 1.60. The number of thiazole rings is 1. The molecule has 0 radical (unpaired) electrons. The minimum atomic E-state index is -0.881. The number of carbonyl (C=O) groups excluding carboxylic acids is 1. The number of rotatable bonds is 21. The number of nitrogens with one attached hydrogen (secondary N) is 4. The van der Waals surface area contributed by atoms with Crippen LogP contribution < -0.4 is 33.4 Å². The molecule has 0 unspecified atom stereocenters. The van der Waals surface area contributed by atoms with Gasteiger partial charge in [0.05, 0.1) is 97.3 Å². The Morgan fingerprint density at radius 1 is 0.444 bits per heavy atom. The Bertz CT molecular complexity index is 8430. The number of fused-ring (bicyclic) bond motifs is 12. The predicted octanol–water partition coefficient (Wildman–Crippen LogP) is 20.0. The van der Waals surface area contributed by atoms with Gasteiger partial charge < -0.3 is 29.0 Å². The number of carboxylic acid groups (broad SMARTS) is 1. The van der Waals surface area contributed by atoms with Crippen LogP contribution in [0.4, 0.5) is 0 Å². The summed E-state index contributed by atoms with van der Waals surface area (Å²) in [4.78, 5) is 146. The molecule has 31 nitrogen and oxygen atoms in total. The number of aryl methyl sites for hydroxylation is 12. The molecule has 6 aromatic carbocycles. The van der Waals surface area contributed by atoms with Gasteiger partial charge in [0.25, 0.3) is 33.4 Å². The first-order valence-corrected chi connectivity index (χ1v) is 54.6. The van der Waals surface area contributed by atoms with Crippen LogP contribution in [0.3, 0.4) is 0 Å². The highest BCUT2D eigenvalue weighted by molar-refractivity contribution is 8.00. The lowest BCUT2D eigenvalue weighted by atomic mass is 9.97. The fourth-order valence-electron chi connectivity index (χ4n) is 17.7. The number of carbonyl (C=O) groups is 2. The lowest BCUT2D eigenvalue weighted by Crippen LogP contribution is -2.30. The number of aliphatic carboxylic acids is 1. The molecule has 0 spiro atoms. The van der Waals surface area contributed by atoms with E-state index in [0.29, 0.717) is 89.3 Å². The summed E-state index contributed by atoms with van der Waals surface area (Å²) in [5.74, 6) is 4.19. The van der Waals surface area contributed by atoms with Gasteiger partial charge in [-0.2, -0.15) is 10.2 Å². The van der Waals surface area contributed by atoms with E-state index in [1.54, 1.807) is 81.4 Å². The van der Waals surface area contributed by atoms with Gasteiger partial charge in [-0.15, -0.1) is 45.3 Å². The van der Waals surface area contributed by atoms with Crippen molar-refractivity contribution in [2.45, 2.75) is 182 Å². The first kappa shape index (κ1) is 98.8. The van der Waals surface area contributed by atoms with E-state index in [1.807, 2.05) is 215 Å². The number of likely N-dealkylation sites (tertiary alicyclic amines) is 1. The Balaban J connectivity index is 0.000000110. The van der Waals surface area contributed by atoms with E-state index >= 15 is 0 Å². The zero-order valence-corrected chi connectivity index (χ0v) is 85.7. The van der Waals surface area contributed by atoms with Crippen molar-refractivity contribution in [3.05, 3.63) is 343 Å². The molecule has 39 heteroatoms. The Labute approximate surface area is 856 Å². The van der Waals surface area contributed by atoms with E-state index in [1.165, 1.54) is 92.7 Å². The standard InChI is InChI=1S/C23H25N3O2S2.C22H21N3O2S2.C17H15N5O2S.C16H13N5OS2.C14H10N2O.C13H14N2O3S/c27-19(25-12-6-7-13-25)15-29-23-24-21-20(17-10-4-5-11-18(17)30-21)22(28)26(23)14-16-8-2-1-3-9-16;1-13-17(14(2)27-24-13)12-28-22-23-20-19(16-10-6-7-11-18(16)29-20)21(26)25(22)15-8-4-3-5-9-15;1-10-14(11(2)24-21-10)9-25-17-19-15-13(8-18-20-15)16(23)22(17)12-6-4-3-5-7-12;1-10-18-11(8-23-10)9-24-16-19-14-13(7-17-20-14)15(22)21(16)12-5-3-2-4-6-12;17-14-11-8-4-5-9-12(11)15-13(16-14)10-6-2-1-3-7-10;16-10(17)6-5-9-14-12(18)11-7-3-1-2-4-8(7)19-13(11)15-9/h1-3,8-9H,4-7,10-15H2;3-5,8-9H,6-7,10-12H2,1-2H3;3-8H,9H2,1-2H3,(H,18,20);2-8H,9H2,1H3,(H,17,20);1-9H,(H,15,16,17);1-6H2,(H,16,17)(H,14,15,18). The number of nitrogens with zero attached hydrogens (tertiary/aromatic N) is 16. The quantitative estimate of drug-likeness (QED) is 0.0329. The summed E-state index contributed by atoms with van der Waals surface area (Å²) in [6.07, 6.45) is 18.4. The van der Waals surface area contributed by atoms with Gasteiger partial charge >= 0.3 is 5.97 Å².